The molecule has 1 unspecified atom stereocenters. The van der Waals surface area contributed by atoms with E-state index < -0.39 is 5.82 Å². The maximum absolute atomic E-state index is 13.9. The average molecular weight is 251 g/mol. The summed E-state index contributed by atoms with van der Waals surface area (Å²) in [5, 5.41) is 3.27. The fraction of sp³-hybridized carbons (Fsp3) is 0.500. The summed E-state index contributed by atoms with van der Waals surface area (Å²) in [7, 11) is 1.42. The molecular weight excluding hydrogens is 233 g/mol. The van der Waals surface area contributed by atoms with Crippen molar-refractivity contribution in [2.75, 3.05) is 13.7 Å². The number of rotatable bonds is 5. The van der Waals surface area contributed by atoms with Crippen molar-refractivity contribution in [2.24, 2.45) is 0 Å². The zero-order valence-electron chi connectivity index (χ0n) is 10.5. The lowest BCUT2D eigenvalue weighted by molar-refractivity contribution is -0.118. The van der Waals surface area contributed by atoms with Crippen LogP contribution >= 0.6 is 0 Å². The van der Waals surface area contributed by atoms with Gasteiger partial charge < -0.3 is 10.1 Å². The molecule has 1 saturated heterocycles. The van der Waals surface area contributed by atoms with Gasteiger partial charge in [-0.3, -0.25) is 4.79 Å². The van der Waals surface area contributed by atoms with Crippen LogP contribution in [-0.2, 0) is 11.2 Å². The van der Waals surface area contributed by atoms with Gasteiger partial charge in [0.1, 0.15) is 5.78 Å². The molecule has 0 amide bonds. The predicted molar refractivity (Wildman–Crippen MR) is 67.3 cm³/mol. The number of methoxy groups -OCH3 is 1. The van der Waals surface area contributed by atoms with E-state index in [4.69, 9.17) is 4.74 Å². The Balaban J connectivity index is 1.98. The fourth-order valence-electron chi connectivity index (χ4n) is 2.34. The van der Waals surface area contributed by atoms with Crippen molar-refractivity contribution in [3.8, 4) is 5.75 Å². The summed E-state index contributed by atoms with van der Waals surface area (Å²) in [5.74, 6) is -0.159. The van der Waals surface area contributed by atoms with Crippen LogP contribution < -0.4 is 10.1 Å². The van der Waals surface area contributed by atoms with Crippen molar-refractivity contribution in [3.05, 3.63) is 29.6 Å². The molecule has 1 fully saturated rings. The minimum Gasteiger partial charge on any atom is -0.494 e. The molecule has 3 nitrogen and oxygen atoms in total. The second kappa shape index (κ2) is 5.96. The highest BCUT2D eigenvalue weighted by molar-refractivity contribution is 5.81. The van der Waals surface area contributed by atoms with E-state index >= 15 is 0 Å². The van der Waals surface area contributed by atoms with Gasteiger partial charge in [0.25, 0.3) is 0 Å². The third-order valence-corrected chi connectivity index (χ3v) is 3.29. The molecule has 0 aromatic heterocycles. The van der Waals surface area contributed by atoms with Gasteiger partial charge in [0.05, 0.1) is 7.11 Å². The second-order valence-corrected chi connectivity index (χ2v) is 4.65. The maximum atomic E-state index is 13.9. The lowest BCUT2D eigenvalue weighted by Gasteiger charge is -2.10. The molecule has 0 spiro atoms. The molecule has 1 aliphatic heterocycles. The van der Waals surface area contributed by atoms with Crippen molar-refractivity contribution >= 4 is 5.78 Å². The van der Waals surface area contributed by atoms with Gasteiger partial charge in [0.2, 0.25) is 0 Å². The van der Waals surface area contributed by atoms with E-state index in [1.165, 1.54) is 7.11 Å². The SMILES string of the molecule is COc1cccc(CC(=O)CC2CCCN2)c1F. The van der Waals surface area contributed by atoms with Crippen LogP contribution in [0.15, 0.2) is 18.2 Å². The van der Waals surface area contributed by atoms with Crippen LogP contribution in [0, 0.1) is 5.82 Å². The summed E-state index contributed by atoms with van der Waals surface area (Å²) in [6.07, 6.45) is 2.77. The van der Waals surface area contributed by atoms with Crippen molar-refractivity contribution in [3.63, 3.8) is 0 Å². The van der Waals surface area contributed by atoms with Gasteiger partial charge in [-0.2, -0.15) is 0 Å². The molecule has 0 radical (unpaired) electrons. The first-order valence-corrected chi connectivity index (χ1v) is 6.27. The molecule has 0 bridgehead atoms. The smallest absolute Gasteiger partial charge is 0.168 e. The maximum Gasteiger partial charge on any atom is 0.168 e. The predicted octanol–water partition coefficient (Wildman–Crippen LogP) is 2.09. The van der Waals surface area contributed by atoms with Crippen molar-refractivity contribution in [1.82, 2.24) is 5.32 Å². The molecule has 1 aromatic rings. The summed E-state index contributed by atoms with van der Waals surface area (Å²) in [6, 6.07) is 5.17. The van der Waals surface area contributed by atoms with Crippen LogP contribution in [0.25, 0.3) is 0 Å². The molecular formula is C14H18FNO2. The largest absolute Gasteiger partial charge is 0.494 e. The molecule has 2 rings (SSSR count). The standard InChI is InChI=1S/C14H18FNO2/c1-18-13-6-2-4-10(14(13)15)8-12(17)9-11-5-3-7-16-11/h2,4,6,11,16H,3,5,7-9H2,1H3. The van der Waals surface area contributed by atoms with E-state index in [2.05, 4.69) is 5.32 Å². The van der Waals surface area contributed by atoms with Crippen LogP contribution in [0.4, 0.5) is 4.39 Å². The Morgan fingerprint density at radius 1 is 1.56 bits per heavy atom. The number of carbonyl (C=O) groups excluding carboxylic acids is 1. The van der Waals surface area contributed by atoms with Gasteiger partial charge in [-0.05, 0) is 31.0 Å². The number of carbonyl (C=O) groups is 1. The van der Waals surface area contributed by atoms with Crippen LogP contribution in [-0.4, -0.2) is 25.5 Å². The fourth-order valence-corrected chi connectivity index (χ4v) is 2.34. The molecule has 1 atom stereocenters. The molecule has 18 heavy (non-hydrogen) atoms. The molecule has 0 aliphatic carbocycles. The Hall–Kier alpha value is -1.42. The van der Waals surface area contributed by atoms with Crippen molar-refractivity contribution < 1.29 is 13.9 Å². The van der Waals surface area contributed by atoms with Crippen LogP contribution in [0.5, 0.6) is 5.75 Å². The monoisotopic (exact) mass is 251 g/mol. The first-order chi connectivity index (χ1) is 8.70. The van der Waals surface area contributed by atoms with Crippen molar-refractivity contribution in [2.45, 2.75) is 31.7 Å². The lowest BCUT2D eigenvalue weighted by atomic mass is 10.0. The van der Waals surface area contributed by atoms with E-state index in [1.54, 1.807) is 18.2 Å². The normalized spacial score (nSPS) is 18.9. The minimum absolute atomic E-state index is 0.0709. The van der Waals surface area contributed by atoms with Gasteiger partial charge in [-0.15, -0.1) is 0 Å². The first-order valence-electron chi connectivity index (χ1n) is 6.27. The molecule has 1 heterocycles. The zero-order valence-corrected chi connectivity index (χ0v) is 10.5. The molecule has 1 N–H and O–H groups in total. The lowest BCUT2D eigenvalue weighted by Crippen LogP contribution is -2.25. The summed E-state index contributed by atoms with van der Waals surface area (Å²) in [5.41, 5.74) is 0.414. The molecule has 1 aliphatic rings. The molecule has 0 saturated carbocycles. The summed E-state index contributed by atoms with van der Waals surface area (Å²) in [6.45, 7) is 0.978. The number of ether oxygens (including phenoxy) is 1. The third kappa shape index (κ3) is 3.07. The number of Topliss-reactive ketones (excluding diaryl/α,β-unsaturated/α-hetero) is 1. The van der Waals surface area contributed by atoms with Gasteiger partial charge in [-0.1, -0.05) is 12.1 Å². The summed E-state index contributed by atoms with van der Waals surface area (Å²) in [4.78, 5) is 11.9. The minimum atomic E-state index is -0.423. The van der Waals surface area contributed by atoms with Crippen LogP contribution in [0.2, 0.25) is 0 Å². The Morgan fingerprint density at radius 2 is 2.39 bits per heavy atom. The number of hydrogen-bond donors (Lipinski definition) is 1. The van der Waals surface area contributed by atoms with Gasteiger partial charge in [0, 0.05) is 18.9 Å². The number of halogens is 1. The highest BCUT2D eigenvalue weighted by atomic mass is 19.1. The Labute approximate surface area is 106 Å². The number of hydrogen-bond acceptors (Lipinski definition) is 3. The van der Waals surface area contributed by atoms with E-state index in [1.807, 2.05) is 0 Å². The topological polar surface area (TPSA) is 38.3 Å². The highest BCUT2D eigenvalue weighted by Crippen LogP contribution is 2.21. The Bertz CT molecular complexity index is 428. The summed E-state index contributed by atoms with van der Waals surface area (Å²) < 4.78 is 18.8. The second-order valence-electron chi connectivity index (χ2n) is 4.65. The highest BCUT2D eigenvalue weighted by Gasteiger charge is 2.19. The van der Waals surface area contributed by atoms with E-state index in [0.29, 0.717) is 12.0 Å². The number of nitrogens with one attached hydrogen (secondary N) is 1. The van der Waals surface area contributed by atoms with Gasteiger partial charge in [0.15, 0.2) is 11.6 Å². The molecule has 4 heteroatoms. The number of ketones is 1. The zero-order chi connectivity index (χ0) is 13.0. The van der Waals surface area contributed by atoms with E-state index in [0.717, 1.165) is 19.4 Å². The molecule has 1 aromatic carbocycles. The molecule has 98 valence electrons. The quantitative estimate of drug-likeness (QED) is 0.870. The Morgan fingerprint density at radius 3 is 3.06 bits per heavy atom. The van der Waals surface area contributed by atoms with Crippen molar-refractivity contribution in [1.29, 1.82) is 0 Å². The first kappa shape index (κ1) is 13.0. The van der Waals surface area contributed by atoms with Crippen LogP contribution in [0.1, 0.15) is 24.8 Å². The van der Waals surface area contributed by atoms with Crippen LogP contribution in [0.3, 0.4) is 0 Å². The van der Waals surface area contributed by atoms with E-state index in [9.17, 15) is 9.18 Å². The third-order valence-electron chi connectivity index (χ3n) is 3.29. The van der Waals surface area contributed by atoms with Gasteiger partial charge in [-0.25, -0.2) is 4.39 Å². The van der Waals surface area contributed by atoms with E-state index in [-0.39, 0.29) is 24.0 Å². The Kier molecular flexibility index (Phi) is 4.31. The summed E-state index contributed by atoms with van der Waals surface area (Å²) >= 11 is 0. The average Bonchev–Trinajstić information content (AvgIpc) is 2.84. The number of benzene rings is 1. The van der Waals surface area contributed by atoms with Gasteiger partial charge >= 0.3 is 0 Å².